The number of rotatable bonds is 5. The molecular formula is C12H15N3S. The van der Waals surface area contributed by atoms with Crippen LogP contribution in [-0.4, -0.2) is 9.59 Å². The maximum atomic E-state index is 6.03. The number of hydrogen-bond acceptors (Lipinski definition) is 4. The van der Waals surface area contributed by atoms with Crippen LogP contribution in [0, 0.1) is 0 Å². The average Bonchev–Trinajstić information content (AvgIpc) is 2.84. The van der Waals surface area contributed by atoms with Crippen molar-refractivity contribution in [3.8, 4) is 0 Å². The molecule has 4 heteroatoms. The first-order chi connectivity index (χ1) is 7.86. The van der Waals surface area contributed by atoms with Crippen molar-refractivity contribution in [2.75, 3.05) is 0 Å². The molecular weight excluding hydrogens is 218 g/mol. The molecule has 1 aromatic carbocycles. The predicted octanol–water partition coefficient (Wildman–Crippen LogP) is 2.56. The summed E-state index contributed by atoms with van der Waals surface area (Å²) in [6.07, 6.45) is 4.93. The third-order valence-electron chi connectivity index (χ3n) is 2.57. The quantitative estimate of drug-likeness (QED) is 0.863. The molecule has 0 aliphatic carbocycles. The molecule has 0 radical (unpaired) electrons. The van der Waals surface area contributed by atoms with Gasteiger partial charge in [0.25, 0.3) is 0 Å². The van der Waals surface area contributed by atoms with E-state index in [0.29, 0.717) is 0 Å². The SMILES string of the molecule is NC(CCCc1ccccc1)c1cnns1. The molecule has 0 aliphatic heterocycles. The Kier molecular flexibility index (Phi) is 4.02. The Labute approximate surface area is 99.5 Å². The maximum absolute atomic E-state index is 6.03. The first kappa shape index (κ1) is 11.2. The number of aromatic nitrogens is 2. The molecule has 0 bridgehead atoms. The highest BCUT2D eigenvalue weighted by molar-refractivity contribution is 7.05. The fourth-order valence-corrected chi connectivity index (χ4v) is 2.19. The molecule has 0 aliphatic rings. The van der Waals surface area contributed by atoms with Gasteiger partial charge in [0, 0.05) is 6.04 Å². The lowest BCUT2D eigenvalue weighted by atomic mass is 10.0. The number of aryl methyl sites for hydroxylation is 1. The highest BCUT2D eigenvalue weighted by Gasteiger charge is 2.07. The summed E-state index contributed by atoms with van der Waals surface area (Å²) in [6.45, 7) is 0. The van der Waals surface area contributed by atoms with E-state index in [1.54, 1.807) is 6.20 Å². The minimum absolute atomic E-state index is 0.0868. The summed E-state index contributed by atoms with van der Waals surface area (Å²) >= 11 is 1.39. The Morgan fingerprint density at radius 2 is 2.06 bits per heavy atom. The summed E-state index contributed by atoms with van der Waals surface area (Å²) in [5.74, 6) is 0. The van der Waals surface area contributed by atoms with Crippen LogP contribution in [0.3, 0.4) is 0 Å². The predicted molar refractivity (Wildman–Crippen MR) is 66.2 cm³/mol. The zero-order valence-electron chi connectivity index (χ0n) is 9.04. The molecule has 1 unspecified atom stereocenters. The molecule has 0 spiro atoms. The molecule has 0 fully saturated rings. The molecule has 0 saturated heterocycles. The third kappa shape index (κ3) is 3.12. The van der Waals surface area contributed by atoms with Crippen LogP contribution in [0.4, 0.5) is 0 Å². The Morgan fingerprint density at radius 3 is 2.75 bits per heavy atom. The van der Waals surface area contributed by atoms with E-state index in [0.717, 1.165) is 24.1 Å². The van der Waals surface area contributed by atoms with Crippen molar-refractivity contribution < 1.29 is 0 Å². The first-order valence-corrected chi connectivity index (χ1v) is 6.20. The Morgan fingerprint density at radius 1 is 1.25 bits per heavy atom. The Balaban J connectivity index is 1.76. The molecule has 0 saturated carbocycles. The van der Waals surface area contributed by atoms with Crippen LogP contribution < -0.4 is 5.73 Å². The molecule has 1 heterocycles. The van der Waals surface area contributed by atoms with E-state index in [4.69, 9.17) is 5.73 Å². The zero-order valence-corrected chi connectivity index (χ0v) is 9.86. The van der Waals surface area contributed by atoms with Gasteiger partial charge in [-0.1, -0.05) is 34.8 Å². The van der Waals surface area contributed by atoms with Crippen molar-refractivity contribution in [3.63, 3.8) is 0 Å². The fraction of sp³-hybridized carbons (Fsp3) is 0.333. The van der Waals surface area contributed by atoms with Crippen LogP contribution in [0.5, 0.6) is 0 Å². The van der Waals surface area contributed by atoms with Gasteiger partial charge >= 0.3 is 0 Å². The fourth-order valence-electron chi connectivity index (χ4n) is 1.65. The summed E-state index contributed by atoms with van der Waals surface area (Å²) in [7, 11) is 0. The molecule has 1 atom stereocenters. The van der Waals surface area contributed by atoms with Crippen LogP contribution >= 0.6 is 11.5 Å². The zero-order chi connectivity index (χ0) is 11.2. The van der Waals surface area contributed by atoms with Crippen LogP contribution in [0.1, 0.15) is 29.3 Å². The highest BCUT2D eigenvalue weighted by atomic mass is 32.1. The molecule has 0 amide bonds. The summed E-state index contributed by atoms with van der Waals surface area (Å²) in [6, 6.07) is 10.6. The molecule has 84 valence electrons. The van der Waals surface area contributed by atoms with E-state index in [1.807, 2.05) is 6.07 Å². The lowest BCUT2D eigenvalue weighted by Crippen LogP contribution is -2.08. The Hall–Kier alpha value is -1.26. The lowest BCUT2D eigenvalue weighted by molar-refractivity contribution is 0.619. The Bertz CT molecular complexity index is 399. The van der Waals surface area contributed by atoms with Gasteiger partial charge in [0.05, 0.1) is 11.1 Å². The topological polar surface area (TPSA) is 51.8 Å². The summed E-state index contributed by atoms with van der Waals surface area (Å²) in [5.41, 5.74) is 7.41. The molecule has 16 heavy (non-hydrogen) atoms. The van der Waals surface area contributed by atoms with Gasteiger partial charge in [-0.3, -0.25) is 0 Å². The standard InChI is InChI=1S/C12H15N3S/c13-11(12-9-14-15-16-12)8-4-7-10-5-2-1-3-6-10/h1-3,5-6,9,11H,4,7-8,13H2. The molecule has 1 aromatic heterocycles. The second-order valence-electron chi connectivity index (χ2n) is 3.80. The van der Waals surface area contributed by atoms with Crippen molar-refractivity contribution in [2.45, 2.75) is 25.3 Å². The number of nitrogens with two attached hydrogens (primary N) is 1. The van der Waals surface area contributed by atoms with Crippen LogP contribution in [-0.2, 0) is 6.42 Å². The monoisotopic (exact) mass is 233 g/mol. The minimum Gasteiger partial charge on any atom is -0.323 e. The normalized spacial score (nSPS) is 12.6. The van der Waals surface area contributed by atoms with Gasteiger partial charge in [0.15, 0.2) is 0 Å². The largest absolute Gasteiger partial charge is 0.323 e. The number of nitrogens with zero attached hydrogens (tertiary/aromatic N) is 2. The number of hydrogen-bond donors (Lipinski definition) is 1. The van der Waals surface area contributed by atoms with E-state index in [-0.39, 0.29) is 6.04 Å². The minimum atomic E-state index is 0.0868. The van der Waals surface area contributed by atoms with Gasteiger partial charge in [-0.05, 0) is 36.4 Å². The van der Waals surface area contributed by atoms with E-state index < -0.39 is 0 Å². The average molecular weight is 233 g/mol. The van der Waals surface area contributed by atoms with Gasteiger partial charge in [-0.2, -0.15) is 0 Å². The van der Waals surface area contributed by atoms with Crippen LogP contribution in [0.15, 0.2) is 36.5 Å². The smallest absolute Gasteiger partial charge is 0.0669 e. The molecule has 3 nitrogen and oxygen atoms in total. The van der Waals surface area contributed by atoms with Gasteiger partial charge < -0.3 is 5.73 Å². The van der Waals surface area contributed by atoms with Gasteiger partial charge in [0.1, 0.15) is 0 Å². The van der Waals surface area contributed by atoms with Crippen molar-refractivity contribution in [1.82, 2.24) is 9.59 Å². The second-order valence-corrected chi connectivity index (χ2v) is 4.62. The lowest BCUT2D eigenvalue weighted by Gasteiger charge is -2.07. The highest BCUT2D eigenvalue weighted by Crippen LogP contribution is 2.18. The third-order valence-corrected chi connectivity index (χ3v) is 3.36. The van der Waals surface area contributed by atoms with Crippen LogP contribution in [0.2, 0.25) is 0 Å². The van der Waals surface area contributed by atoms with Crippen molar-refractivity contribution in [3.05, 3.63) is 47.0 Å². The van der Waals surface area contributed by atoms with Gasteiger partial charge in [0.2, 0.25) is 0 Å². The van der Waals surface area contributed by atoms with Gasteiger partial charge in [-0.15, -0.1) is 5.10 Å². The van der Waals surface area contributed by atoms with Crippen LogP contribution in [0.25, 0.3) is 0 Å². The van der Waals surface area contributed by atoms with Crippen molar-refractivity contribution >= 4 is 11.5 Å². The van der Waals surface area contributed by atoms with E-state index in [1.165, 1.54) is 17.1 Å². The van der Waals surface area contributed by atoms with E-state index in [2.05, 4.69) is 33.9 Å². The summed E-state index contributed by atoms with van der Waals surface area (Å²) < 4.78 is 3.82. The van der Waals surface area contributed by atoms with E-state index >= 15 is 0 Å². The second kappa shape index (κ2) is 5.72. The molecule has 2 N–H and O–H groups in total. The first-order valence-electron chi connectivity index (χ1n) is 5.43. The summed E-state index contributed by atoms with van der Waals surface area (Å²) in [5, 5.41) is 3.80. The summed E-state index contributed by atoms with van der Waals surface area (Å²) in [4.78, 5) is 1.08. The number of benzene rings is 1. The van der Waals surface area contributed by atoms with Crippen molar-refractivity contribution in [2.24, 2.45) is 5.73 Å². The molecule has 2 rings (SSSR count). The van der Waals surface area contributed by atoms with Crippen molar-refractivity contribution in [1.29, 1.82) is 0 Å². The maximum Gasteiger partial charge on any atom is 0.0669 e. The molecule has 2 aromatic rings. The van der Waals surface area contributed by atoms with Gasteiger partial charge in [-0.25, -0.2) is 0 Å². The van der Waals surface area contributed by atoms with E-state index in [9.17, 15) is 0 Å².